The molecule has 3 heterocycles. The molecule has 1 unspecified atom stereocenters. The van der Waals surface area contributed by atoms with Gasteiger partial charge in [-0.05, 0) is 12.5 Å². The minimum atomic E-state index is -0.596. The van der Waals surface area contributed by atoms with E-state index in [0.29, 0.717) is 13.0 Å². The number of primary amides is 1. The Morgan fingerprint density at radius 3 is 2.78 bits per heavy atom. The van der Waals surface area contributed by atoms with Gasteiger partial charge in [-0.15, -0.1) is 0 Å². The molecule has 1 aliphatic heterocycles. The normalized spacial score (nSPS) is 17.6. The molecule has 0 aromatic carbocycles. The van der Waals surface area contributed by atoms with Gasteiger partial charge in [-0.3, -0.25) is 23.9 Å². The lowest BCUT2D eigenvalue weighted by atomic mass is 10.1. The Hall–Kier alpha value is -2.97. The molecule has 9 nitrogen and oxygen atoms in total. The van der Waals surface area contributed by atoms with Crippen LogP contribution in [0.3, 0.4) is 0 Å². The predicted molar refractivity (Wildman–Crippen MR) is 80.8 cm³/mol. The van der Waals surface area contributed by atoms with Gasteiger partial charge in [0, 0.05) is 26.3 Å². The minimum Gasteiger partial charge on any atom is -0.369 e. The maximum Gasteiger partial charge on any atom is 0.329 e. The monoisotopic (exact) mass is 317 g/mol. The fourth-order valence-electron chi connectivity index (χ4n) is 2.71. The summed E-state index contributed by atoms with van der Waals surface area (Å²) >= 11 is 0. The van der Waals surface area contributed by atoms with E-state index in [1.54, 1.807) is 0 Å². The average Bonchev–Trinajstić information content (AvgIpc) is 3.02. The summed E-state index contributed by atoms with van der Waals surface area (Å²) < 4.78 is 1.20. The van der Waals surface area contributed by atoms with Crippen molar-refractivity contribution in [2.75, 3.05) is 13.1 Å². The van der Waals surface area contributed by atoms with Crippen molar-refractivity contribution in [3.8, 4) is 0 Å². The number of nitrogens with two attached hydrogens (primary N) is 1. The largest absolute Gasteiger partial charge is 0.369 e. The number of aromatic amines is 1. The predicted octanol–water partition coefficient (Wildman–Crippen LogP) is -1.43. The number of rotatable bonds is 2. The summed E-state index contributed by atoms with van der Waals surface area (Å²) in [4.78, 5) is 54.8. The van der Waals surface area contributed by atoms with Gasteiger partial charge in [-0.25, -0.2) is 9.78 Å². The molecule has 1 aliphatic rings. The van der Waals surface area contributed by atoms with E-state index in [0.717, 1.165) is 0 Å². The van der Waals surface area contributed by atoms with Crippen molar-refractivity contribution in [2.24, 2.45) is 18.7 Å². The van der Waals surface area contributed by atoms with Crippen LogP contribution in [0.5, 0.6) is 0 Å². The molecule has 0 bridgehead atoms. The number of aromatic nitrogens is 3. The Morgan fingerprint density at radius 2 is 2.13 bits per heavy atom. The van der Waals surface area contributed by atoms with E-state index in [2.05, 4.69) is 9.97 Å². The highest BCUT2D eigenvalue weighted by atomic mass is 16.2. The molecular weight excluding hydrogens is 302 g/mol. The van der Waals surface area contributed by atoms with Gasteiger partial charge < -0.3 is 10.6 Å². The van der Waals surface area contributed by atoms with Gasteiger partial charge >= 0.3 is 5.69 Å². The van der Waals surface area contributed by atoms with E-state index in [-0.39, 0.29) is 35.0 Å². The van der Waals surface area contributed by atoms with Gasteiger partial charge in [0.1, 0.15) is 5.65 Å². The van der Waals surface area contributed by atoms with Gasteiger partial charge in [-0.1, -0.05) is 0 Å². The highest BCUT2D eigenvalue weighted by Crippen LogP contribution is 2.19. The lowest BCUT2D eigenvalue weighted by Gasteiger charge is -2.16. The lowest BCUT2D eigenvalue weighted by molar-refractivity contribution is -0.121. The molecule has 3 N–H and O–H groups in total. The van der Waals surface area contributed by atoms with Crippen LogP contribution < -0.4 is 17.0 Å². The number of nitrogens with one attached hydrogen (secondary N) is 1. The summed E-state index contributed by atoms with van der Waals surface area (Å²) in [7, 11) is 1.48. The Bertz CT molecular complexity index is 929. The summed E-state index contributed by atoms with van der Waals surface area (Å²) in [5.74, 6) is -1.10. The van der Waals surface area contributed by atoms with E-state index in [1.807, 2.05) is 0 Å². The van der Waals surface area contributed by atoms with Crippen LogP contribution in [-0.2, 0) is 11.8 Å². The Balaban J connectivity index is 1.98. The summed E-state index contributed by atoms with van der Waals surface area (Å²) in [5.41, 5.74) is 4.52. The first-order valence-corrected chi connectivity index (χ1v) is 7.06. The van der Waals surface area contributed by atoms with Crippen molar-refractivity contribution in [1.82, 2.24) is 19.4 Å². The quantitative estimate of drug-likeness (QED) is 0.701. The van der Waals surface area contributed by atoms with E-state index in [9.17, 15) is 19.2 Å². The summed E-state index contributed by atoms with van der Waals surface area (Å²) in [6, 6.07) is 1.40. The fourth-order valence-corrected chi connectivity index (χ4v) is 2.71. The molecule has 2 aromatic heterocycles. The number of likely N-dealkylation sites (tertiary alicyclic amines) is 1. The Kier molecular flexibility index (Phi) is 3.47. The third kappa shape index (κ3) is 2.50. The minimum absolute atomic E-state index is 0.156. The van der Waals surface area contributed by atoms with E-state index in [4.69, 9.17) is 5.73 Å². The van der Waals surface area contributed by atoms with Crippen molar-refractivity contribution in [3.05, 3.63) is 38.7 Å². The smallest absolute Gasteiger partial charge is 0.329 e. The van der Waals surface area contributed by atoms with Crippen LogP contribution in [-0.4, -0.2) is 44.3 Å². The SMILES string of the molecule is Cn1c(=O)[nH]c(=O)c2cc(C(=O)N3CCC(C(N)=O)C3)cnc21. The maximum atomic E-state index is 12.5. The molecule has 0 aliphatic carbocycles. The van der Waals surface area contributed by atoms with Crippen molar-refractivity contribution in [1.29, 1.82) is 0 Å². The van der Waals surface area contributed by atoms with E-state index >= 15 is 0 Å². The van der Waals surface area contributed by atoms with Gasteiger partial charge in [-0.2, -0.15) is 0 Å². The summed E-state index contributed by atoms with van der Waals surface area (Å²) in [5, 5.41) is 0.156. The summed E-state index contributed by atoms with van der Waals surface area (Å²) in [6.45, 7) is 0.684. The molecular formula is C14H15N5O4. The Labute approximate surface area is 129 Å². The number of hydrogen-bond donors (Lipinski definition) is 2. The maximum absolute atomic E-state index is 12.5. The zero-order valence-electron chi connectivity index (χ0n) is 12.4. The molecule has 1 atom stereocenters. The van der Waals surface area contributed by atoms with Crippen molar-refractivity contribution in [3.63, 3.8) is 0 Å². The number of carbonyl (C=O) groups is 2. The number of hydrogen-bond acceptors (Lipinski definition) is 5. The van der Waals surface area contributed by atoms with Gasteiger partial charge in [0.2, 0.25) is 5.91 Å². The molecule has 23 heavy (non-hydrogen) atoms. The first-order chi connectivity index (χ1) is 10.9. The molecule has 1 saturated heterocycles. The van der Waals surface area contributed by atoms with Crippen molar-refractivity contribution < 1.29 is 9.59 Å². The second-order valence-corrected chi connectivity index (χ2v) is 5.55. The fraction of sp³-hybridized carbons (Fsp3) is 0.357. The van der Waals surface area contributed by atoms with Crippen LogP contribution in [0.15, 0.2) is 21.9 Å². The highest BCUT2D eigenvalue weighted by Gasteiger charge is 2.30. The molecule has 0 spiro atoms. The topological polar surface area (TPSA) is 131 Å². The first kappa shape index (κ1) is 14.9. The number of pyridine rings is 1. The second kappa shape index (κ2) is 5.34. The number of aryl methyl sites for hydroxylation is 1. The molecule has 2 amide bonds. The summed E-state index contributed by atoms with van der Waals surface area (Å²) in [6.07, 6.45) is 1.85. The van der Waals surface area contributed by atoms with Gasteiger partial charge in [0.25, 0.3) is 11.5 Å². The molecule has 0 saturated carbocycles. The lowest BCUT2D eigenvalue weighted by Crippen LogP contribution is -2.32. The van der Waals surface area contributed by atoms with Gasteiger partial charge in [0.15, 0.2) is 0 Å². The first-order valence-electron chi connectivity index (χ1n) is 7.06. The zero-order chi connectivity index (χ0) is 16.7. The molecule has 2 aromatic rings. The van der Waals surface area contributed by atoms with E-state index < -0.39 is 17.2 Å². The molecule has 0 radical (unpaired) electrons. The van der Waals surface area contributed by atoms with Crippen LogP contribution >= 0.6 is 0 Å². The van der Waals surface area contributed by atoms with Crippen LogP contribution in [0.25, 0.3) is 11.0 Å². The molecule has 1 fully saturated rings. The molecule has 120 valence electrons. The highest BCUT2D eigenvalue weighted by molar-refractivity contribution is 5.97. The van der Waals surface area contributed by atoms with E-state index in [1.165, 1.54) is 28.8 Å². The standard InChI is InChI=1S/C14H15N5O4/c1-18-11-9(12(21)17-14(18)23)4-8(5-16-11)13(22)19-3-2-7(6-19)10(15)20/h4-5,7H,2-3,6H2,1H3,(H2,15,20)(H,17,21,23). The number of nitrogens with zero attached hydrogens (tertiary/aromatic N) is 3. The number of H-pyrrole nitrogens is 1. The van der Waals surface area contributed by atoms with Crippen LogP contribution in [0.1, 0.15) is 16.8 Å². The van der Waals surface area contributed by atoms with Crippen LogP contribution in [0.2, 0.25) is 0 Å². The number of fused-ring (bicyclic) bond motifs is 1. The second-order valence-electron chi connectivity index (χ2n) is 5.55. The third-order valence-corrected chi connectivity index (χ3v) is 4.08. The molecule has 3 rings (SSSR count). The number of carbonyl (C=O) groups excluding carboxylic acids is 2. The van der Waals surface area contributed by atoms with Crippen LogP contribution in [0.4, 0.5) is 0 Å². The third-order valence-electron chi connectivity index (χ3n) is 4.08. The Morgan fingerprint density at radius 1 is 1.39 bits per heavy atom. The van der Waals surface area contributed by atoms with Gasteiger partial charge in [0.05, 0.1) is 16.9 Å². The van der Waals surface area contributed by atoms with Crippen molar-refractivity contribution >= 4 is 22.8 Å². The molecule has 9 heteroatoms. The average molecular weight is 317 g/mol. The van der Waals surface area contributed by atoms with Crippen molar-refractivity contribution in [2.45, 2.75) is 6.42 Å². The number of amides is 2. The zero-order valence-corrected chi connectivity index (χ0v) is 12.4. The van der Waals surface area contributed by atoms with Crippen LogP contribution in [0, 0.1) is 5.92 Å².